The highest BCUT2D eigenvalue weighted by molar-refractivity contribution is 7.59. The maximum atomic E-state index is 12.9. The van der Waals surface area contributed by atoms with Crippen LogP contribution in [0.15, 0.2) is 42.5 Å². The zero-order chi connectivity index (χ0) is 30.2. The first kappa shape index (κ1) is 36.9. The van der Waals surface area contributed by atoms with E-state index in [1.807, 2.05) is 0 Å². The molecule has 12 heteroatoms. The minimum absolute atomic E-state index is 0. The van der Waals surface area contributed by atoms with E-state index in [1.54, 1.807) is 30.3 Å². The summed E-state index contributed by atoms with van der Waals surface area (Å²) in [6.07, 6.45) is 6.19. The zero-order valence-corrected chi connectivity index (χ0v) is 26.3. The number of esters is 1. The first-order valence-electron chi connectivity index (χ1n) is 13.8. The van der Waals surface area contributed by atoms with Gasteiger partial charge in [0, 0.05) is 18.4 Å². The summed E-state index contributed by atoms with van der Waals surface area (Å²) in [6, 6.07) is 10.1. The fourth-order valence-corrected chi connectivity index (χ4v) is 4.64. The van der Waals surface area contributed by atoms with Crippen LogP contribution in [0.4, 0.5) is 0 Å². The third-order valence-electron chi connectivity index (χ3n) is 6.26. The first-order chi connectivity index (χ1) is 19.6. The number of ketones is 1. The van der Waals surface area contributed by atoms with E-state index in [0.29, 0.717) is 17.5 Å². The number of carbonyl (C=O) groups excluding carboxylic acids is 4. The second-order valence-corrected chi connectivity index (χ2v) is 10.5. The molecule has 0 aromatic heterocycles. The van der Waals surface area contributed by atoms with E-state index in [9.17, 15) is 19.2 Å². The first-order valence-corrected chi connectivity index (χ1v) is 14.5. The van der Waals surface area contributed by atoms with Gasteiger partial charge in [-0.05, 0) is 42.7 Å². The average molecular weight is 640 g/mol. The van der Waals surface area contributed by atoms with Crippen molar-refractivity contribution in [3.8, 4) is 0 Å². The Hall–Kier alpha value is -3.08. The van der Waals surface area contributed by atoms with Crippen LogP contribution in [-0.4, -0.2) is 48.6 Å². The van der Waals surface area contributed by atoms with Gasteiger partial charge in [-0.2, -0.15) is 13.5 Å². The number of carbonyl (C=O) groups is 4. The third-order valence-corrected chi connectivity index (χ3v) is 6.89. The Kier molecular flexibility index (Phi) is 17.5. The Morgan fingerprint density at radius 3 is 2.26 bits per heavy atom. The Morgan fingerprint density at radius 1 is 0.952 bits per heavy atom. The summed E-state index contributed by atoms with van der Waals surface area (Å²) in [4.78, 5) is 50.9. The van der Waals surface area contributed by atoms with Gasteiger partial charge >= 0.3 is 5.97 Å². The van der Waals surface area contributed by atoms with E-state index in [0.717, 1.165) is 25.7 Å². The lowest BCUT2D eigenvalue weighted by molar-refractivity contribution is -0.146. The predicted molar refractivity (Wildman–Crippen MR) is 171 cm³/mol. The van der Waals surface area contributed by atoms with Gasteiger partial charge in [-0.3, -0.25) is 19.8 Å². The van der Waals surface area contributed by atoms with Crippen molar-refractivity contribution < 1.29 is 23.9 Å². The van der Waals surface area contributed by atoms with Crippen LogP contribution in [0, 0.1) is 5.41 Å². The number of nitrogens with one attached hydrogen (secondary N) is 3. The van der Waals surface area contributed by atoms with Crippen LogP contribution in [0.25, 0.3) is 0 Å². The molecular weight excluding hydrogens is 599 g/mol. The summed E-state index contributed by atoms with van der Waals surface area (Å²) < 4.78 is 5.41. The van der Waals surface area contributed by atoms with Gasteiger partial charge in [-0.1, -0.05) is 80.4 Å². The number of nitrogens with two attached hydrogens (primary N) is 1. The fraction of sp³-hybridized carbons (Fsp3) is 0.433. The molecule has 5 N–H and O–H groups in total. The molecule has 0 aliphatic rings. The molecule has 0 aliphatic carbocycles. The molecule has 1 atom stereocenters. The molecule has 0 aliphatic heterocycles. The van der Waals surface area contributed by atoms with E-state index in [-0.39, 0.29) is 73.1 Å². The quantitative estimate of drug-likeness (QED) is 0.0746. The van der Waals surface area contributed by atoms with E-state index in [2.05, 4.69) is 17.6 Å². The average Bonchev–Trinajstić information content (AvgIpc) is 2.93. The highest BCUT2D eigenvalue weighted by Crippen LogP contribution is 2.24. The van der Waals surface area contributed by atoms with Crippen LogP contribution < -0.4 is 16.4 Å². The molecule has 0 radical (unpaired) electrons. The van der Waals surface area contributed by atoms with Crippen molar-refractivity contribution in [2.75, 3.05) is 13.2 Å². The van der Waals surface area contributed by atoms with Gasteiger partial charge in [0.2, 0.25) is 0 Å². The number of halogens is 2. The van der Waals surface area contributed by atoms with Crippen LogP contribution >= 0.6 is 36.7 Å². The second kappa shape index (κ2) is 19.9. The number of Topliss-reactive ketones (excluding diaryl/α,β-unsaturated/α-hetero) is 1. The van der Waals surface area contributed by atoms with Crippen LogP contribution in [0.1, 0.15) is 84.6 Å². The molecule has 0 spiro atoms. The Labute approximate surface area is 264 Å². The molecule has 230 valence electrons. The van der Waals surface area contributed by atoms with Crippen molar-refractivity contribution in [3.05, 3.63) is 69.2 Å². The smallest absolute Gasteiger partial charge is 0.328 e. The summed E-state index contributed by atoms with van der Waals surface area (Å²) in [7, 11) is 0. The number of ether oxygens (including phenoxy) is 1. The van der Waals surface area contributed by atoms with Gasteiger partial charge in [0.15, 0.2) is 5.78 Å². The van der Waals surface area contributed by atoms with Gasteiger partial charge in [0.25, 0.3) is 11.8 Å². The lowest BCUT2D eigenvalue weighted by Gasteiger charge is -2.18. The lowest BCUT2D eigenvalue weighted by atomic mass is 10.1. The molecule has 0 heterocycles. The molecule has 0 fully saturated rings. The molecule has 2 rings (SSSR count). The molecule has 9 nitrogen and oxygen atoms in total. The maximum absolute atomic E-state index is 12.9. The van der Waals surface area contributed by atoms with Crippen LogP contribution in [0.3, 0.4) is 0 Å². The van der Waals surface area contributed by atoms with Crippen molar-refractivity contribution in [1.29, 1.82) is 5.41 Å². The molecule has 0 saturated carbocycles. The van der Waals surface area contributed by atoms with E-state index in [4.69, 9.17) is 39.1 Å². The SMILES string of the molecule is CCCCCCCCOC(=O)[C@H](CCC(=O)CNC(=O)c1cccc(CC(=N)N)c1)NC(=O)c1c(Cl)cccc1Cl.S. The van der Waals surface area contributed by atoms with Gasteiger partial charge in [-0.25, -0.2) is 4.79 Å². The van der Waals surface area contributed by atoms with Gasteiger partial charge in [-0.15, -0.1) is 0 Å². The number of benzene rings is 2. The van der Waals surface area contributed by atoms with E-state index < -0.39 is 23.8 Å². The van der Waals surface area contributed by atoms with Crippen molar-refractivity contribution >= 4 is 66.1 Å². The summed E-state index contributed by atoms with van der Waals surface area (Å²) in [5.74, 6) is -2.14. The third kappa shape index (κ3) is 13.3. The highest BCUT2D eigenvalue weighted by atomic mass is 35.5. The number of amides is 2. The number of hydrogen-bond donors (Lipinski definition) is 4. The Balaban J connectivity index is 0.00000882. The zero-order valence-electron chi connectivity index (χ0n) is 23.8. The Bertz CT molecular complexity index is 1210. The van der Waals surface area contributed by atoms with Crippen molar-refractivity contribution in [2.24, 2.45) is 5.73 Å². The van der Waals surface area contributed by atoms with Crippen molar-refractivity contribution in [1.82, 2.24) is 10.6 Å². The molecule has 0 bridgehead atoms. The normalized spacial score (nSPS) is 11.1. The molecule has 2 aromatic carbocycles. The molecule has 0 unspecified atom stereocenters. The van der Waals surface area contributed by atoms with Gasteiger partial charge in [0.05, 0.1) is 34.6 Å². The van der Waals surface area contributed by atoms with Gasteiger partial charge in [0.1, 0.15) is 6.04 Å². The largest absolute Gasteiger partial charge is 0.464 e. The summed E-state index contributed by atoms with van der Waals surface area (Å²) >= 11 is 12.3. The summed E-state index contributed by atoms with van der Waals surface area (Å²) in [6.45, 7) is 2.08. The van der Waals surface area contributed by atoms with E-state index >= 15 is 0 Å². The van der Waals surface area contributed by atoms with Crippen LogP contribution in [0.2, 0.25) is 10.0 Å². The summed E-state index contributed by atoms with van der Waals surface area (Å²) in [5, 5.41) is 12.8. The molecule has 42 heavy (non-hydrogen) atoms. The minimum Gasteiger partial charge on any atom is -0.464 e. The summed E-state index contributed by atoms with van der Waals surface area (Å²) in [5.41, 5.74) is 6.48. The van der Waals surface area contributed by atoms with E-state index in [1.165, 1.54) is 18.6 Å². The number of unbranched alkanes of at least 4 members (excludes halogenated alkanes) is 5. The Morgan fingerprint density at radius 2 is 1.60 bits per heavy atom. The maximum Gasteiger partial charge on any atom is 0.328 e. The standard InChI is InChI=1S/C30H38Cl2N4O5.H2S/c1-2-3-4-5-6-7-16-41-30(40)25(36-29(39)27-23(31)12-9-13-24(27)32)15-14-22(37)19-35-28(38)21-11-8-10-20(17-21)18-26(33)34;/h8-13,17,25H,2-7,14-16,18-19H2,1H3,(H3,33,34)(H,35,38)(H,36,39);1H2/t25-;/m0./s1. The number of rotatable bonds is 18. The van der Waals surface area contributed by atoms with Gasteiger partial charge < -0.3 is 21.1 Å². The minimum atomic E-state index is -1.11. The number of amidine groups is 1. The van der Waals surface area contributed by atoms with Crippen LogP contribution in [0.5, 0.6) is 0 Å². The lowest BCUT2D eigenvalue weighted by Crippen LogP contribution is -2.43. The monoisotopic (exact) mass is 638 g/mol. The molecule has 2 amide bonds. The predicted octanol–water partition coefficient (Wildman–Crippen LogP) is 5.37. The fourth-order valence-electron chi connectivity index (χ4n) is 4.07. The van der Waals surface area contributed by atoms with Crippen molar-refractivity contribution in [2.45, 2.75) is 70.8 Å². The molecule has 0 saturated heterocycles. The van der Waals surface area contributed by atoms with Crippen LogP contribution in [-0.2, 0) is 20.7 Å². The second-order valence-electron chi connectivity index (χ2n) is 9.72. The molecule has 2 aromatic rings. The van der Waals surface area contributed by atoms with Crippen molar-refractivity contribution in [3.63, 3.8) is 0 Å². The molecular formula is C30H40Cl2N4O5S. The number of hydrogen-bond acceptors (Lipinski definition) is 6. The topological polar surface area (TPSA) is 151 Å². The highest BCUT2D eigenvalue weighted by Gasteiger charge is 2.26.